The van der Waals surface area contributed by atoms with E-state index in [1.165, 1.54) is 0 Å². The highest BCUT2D eigenvalue weighted by atomic mass is 79.9. The summed E-state index contributed by atoms with van der Waals surface area (Å²) in [5.41, 5.74) is -0.188. The van der Waals surface area contributed by atoms with E-state index in [1.54, 1.807) is 39.1 Å². The Hall–Kier alpha value is -1.63. The van der Waals surface area contributed by atoms with Crippen molar-refractivity contribution in [3.63, 3.8) is 0 Å². The number of amides is 1. The fourth-order valence-corrected chi connectivity index (χ4v) is 1.68. The van der Waals surface area contributed by atoms with Crippen LogP contribution in [0.4, 0.5) is 4.79 Å². The smallest absolute Gasteiger partial charge is 0.408 e. The second kappa shape index (κ2) is 6.69. The minimum atomic E-state index is -1.03. The van der Waals surface area contributed by atoms with Gasteiger partial charge in [-0.15, -0.1) is 0 Å². The Morgan fingerprint density at radius 1 is 1.45 bits per heavy atom. The standard InChI is InChI=1S/C13H17BrN2O4/c1-13(2,3)20-12(19)16-10(6-11(17)18)9-5-4-8(14)7-15-9/h4-5,7,10H,6H2,1-3H3,(H,16,19)(H,17,18)/t10-/m1/s1. The van der Waals surface area contributed by atoms with Gasteiger partial charge in [-0.3, -0.25) is 9.78 Å². The maximum absolute atomic E-state index is 11.7. The van der Waals surface area contributed by atoms with Crippen molar-refractivity contribution in [1.82, 2.24) is 10.3 Å². The van der Waals surface area contributed by atoms with Crippen LogP contribution in [0.1, 0.15) is 38.9 Å². The third-order valence-corrected chi connectivity index (χ3v) is 2.65. The molecule has 7 heteroatoms. The number of nitrogens with one attached hydrogen (secondary N) is 1. The topological polar surface area (TPSA) is 88.5 Å². The van der Waals surface area contributed by atoms with Crippen LogP contribution in [0.15, 0.2) is 22.8 Å². The first-order chi connectivity index (χ1) is 9.17. The number of pyridine rings is 1. The predicted molar refractivity (Wildman–Crippen MR) is 76.3 cm³/mol. The number of rotatable bonds is 4. The zero-order valence-corrected chi connectivity index (χ0v) is 13.1. The molecule has 0 saturated carbocycles. The SMILES string of the molecule is CC(C)(C)OC(=O)N[C@H](CC(=O)O)c1ccc(Br)cn1. The molecule has 0 radical (unpaired) electrons. The molecule has 0 aliphatic rings. The monoisotopic (exact) mass is 344 g/mol. The van der Waals surface area contributed by atoms with Gasteiger partial charge in [-0.1, -0.05) is 0 Å². The Morgan fingerprint density at radius 2 is 2.10 bits per heavy atom. The van der Waals surface area contributed by atoms with Crippen LogP contribution in [0, 0.1) is 0 Å². The lowest BCUT2D eigenvalue weighted by Gasteiger charge is -2.22. The van der Waals surface area contributed by atoms with Crippen LogP contribution in [-0.2, 0) is 9.53 Å². The highest BCUT2D eigenvalue weighted by Crippen LogP contribution is 2.18. The van der Waals surface area contributed by atoms with E-state index in [0.29, 0.717) is 5.69 Å². The molecule has 1 heterocycles. The normalized spacial score (nSPS) is 12.6. The number of carboxylic acids is 1. The van der Waals surface area contributed by atoms with E-state index in [-0.39, 0.29) is 6.42 Å². The summed E-state index contributed by atoms with van der Waals surface area (Å²) in [6.45, 7) is 5.20. The minimum absolute atomic E-state index is 0.270. The third-order valence-electron chi connectivity index (χ3n) is 2.18. The highest BCUT2D eigenvalue weighted by Gasteiger charge is 2.23. The number of alkyl carbamates (subject to hydrolysis) is 1. The zero-order valence-electron chi connectivity index (χ0n) is 11.5. The number of carboxylic acid groups (broad SMARTS) is 1. The van der Waals surface area contributed by atoms with Gasteiger partial charge in [-0.2, -0.15) is 0 Å². The van der Waals surface area contributed by atoms with E-state index in [2.05, 4.69) is 26.2 Å². The predicted octanol–water partition coefficient (Wildman–Crippen LogP) is 2.88. The number of ether oxygens (including phenoxy) is 1. The van der Waals surface area contributed by atoms with Crippen LogP contribution in [0.25, 0.3) is 0 Å². The summed E-state index contributed by atoms with van der Waals surface area (Å²) in [5, 5.41) is 11.4. The van der Waals surface area contributed by atoms with Crippen LogP contribution in [0.5, 0.6) is 0 Å². The lowest BCUT2D eigenvalue weighted by Crippen LogP contribution is -2.36. The fraction of sp³-hybridized carbons (Fsp3) is 0.462. The Morgan fingerprint density at radius 3 is 2.55 bits per heavy atom. The summed E-state index contributed by atoms with van der Waals surface area (Å²) in [6.07, 6.45) is 0.600. The Labute approximate surface area is 125 Å². The Balaban J connectivity index is 2.82. The number of hydrogen-bond acceptors (Lipinski definition) is 4. The molecule has 2 N–H and O–H groups in total. The van der Waals surface area contributed by atoms with E-state index in [0.717, 1.165) is 4.47 Å². The second-order valence-corrected chi connectivity index (χ2v) is 6.11. The lowest BCUT2D eigenvalue weighted by atomic mass is 10.1. The molecule has 20 heavy (non-hydrogen) atoms. The van der Waals surface area contributed by atoms with Gasteiger partial charge in [0.1, 0.15) is 5.60 Å². The maximum atomic E-state index is 11.7. The highest BCUT2D eigenvalue weighted by molar-refractivity contribution is 9.10. The molecule has 1 atom stereocenters. The molecule has 1 aromatic heterocycles. The number of halogens is 1. The number of hydrogen-bond donors (Lipinski definition) is 2. The third kappa shape index (κ3) is 6.01. The number of carbonyl (C=O) groups is 2. The van der Waals surface area contributed by atoms with E-state index < -0.39 is 23.7 Å². The molecule has 0 aromatic carbocycles. The fourth-order valence-electron chi connectivity index (χ4n) is 1.45. The molecule has 110 valence electrons. The summed E-state index contributed by atoms with van der Waals surface area (Å²) in [6, 6.07) is 2.64. The molecule has 0 aliphatic carbocycles. The number of carbonyl (C=O) groups excluding carboxylic acids is 1. The molecule has 1 aromatic rings. The summed E-state index contributed by atoms with van der Waals surface area (Å²) in [7, 11) is 0. The van der Waals surface area contributed by atoms with Crippen molar-refractivity contribution < 1.29 is 19.4 Å². The Bertz CT molecular complexity index is 482. The lowest BCUT2D eigenvalue weighted by molar-refractivity contribution is -0.137. The van der Waals surface area contributed by atoms with E-state index in [1.807, 2.05) is 0 Å². The number of aromatic nitrogens is 1. The van der Waals surface area contributed by atoms with Crippen molar-refractivity contribution in [2.24, 2.45) is 0 Å². The molecule has 1 amide bonds. The van der Waals surface area contributed by atoms with E-state index in [4.69, 9.17) is 9.84 Å². The molecular weight excluding hydrogens is 328 g/mol. The van der Waals surface area contributed by atoms with Gasteiger partial charge >= 0.3 is 12.1 Å². The van der Waals surface area contributed by atoms with Gasteiger partial charge in [-0.05, 0) is 48.8 Å². The van der Waals surface area contributed by atoms with Gasteiger partial charge in [-0.25, -0.2) is 4.79 Å². The number of nitrogens with zero attached hydrogens (tertiary/aromatic N) is 1. The maximum Gasteiger partial charge on any atom is 0.408 e. The van der Waals surface area contributed by atoms with Gasteiger partial charge in [0.15, 0.2) is 0 Å². The summed E-state index contributed by atoms with van der Waals surface area (Å²) < 4.78 is 5.89. The molecule has 0 fully saturated rings. The van der Waals surface area contributed by atoms with Gasteiger partial charge in [0.2, 0.25) is 0 Å². The first kappa shape index (κ1) is 16.4. The van der Waals surface area contributed by atoms with Crippen molar-refractivity contribution in [3.8, 4) is 0 Å². The zero-order chi connectivity index (χ0) is 15.3. The first-order valence-electron chi connectivity index (χ1n) is 6.00. The van der Waals surface area contributed by atoms with Crippen molar-refractivity contribution in [2.75, 3.05) is 0 Å². The molecule has 0 bridgehead atoms. The van der Waals surface area contributed by atoms with Gasteiger partial charge in [0, 0.05) is 10.7 Å². The van der Waals surface area contributed by atoms with Crippen LogP contribution < -0.4 is 5.32 Å². The molecular formula is C13H17BrN2O4. The van der Waals surface area contributed by atoms with Crippen LogP contribution in [-0.4, -0.2) is 27.8 Å². The average Bonchev–Trinajstić information content (AvgIpc) is 2.25. The van der Waals surface area contributed by atoms with Crippen LogP contribution in [0.3, 0.4) is 0 Å². The van der Waals surface area contributed by atoms with Gasteiger partial charge in [0.05, 0.1) is 18.2 Å². The molecule has 0 unspecified atom stereocenters. The molecule has 0 aliphatic heterocycles. The van der Waals surface area contributed by atoms with Crippen molar-refractivity contribution in [3.05, 3.63) is 28.5 Å². The average molecular weight is 345 g/mol. The van der Waals surface area contributed by atoms with E-state index >= 15 is 0 Å². The summed E-state index contributed by atoms with van der Waals surface area (Å²) in [4.78, 5) is 26.7. The minimum Gasteiger partial charge on any atom is -0.481 e. The summed E-state index contributed by atoms with van der Waals surface area (Å²) in [5.74, 6) is -1.03. The van der Waals surface area contributed by atoms with Crippen molar-refractivity contribution in [1.29, 1.82) is 0 Å². The molecule has 0 spiro atoms. The van der Waals surface area contributed by atoms with Crippen LogP contribution >= 0.6 is 15.9 Å². The van der Waals surface area contributed by atoms with Crippen LogP contribution in [0.2, 0.25) is 0 Å². The van der Waals surface area contributed by atoms with Gasteiger partial charge < -0.3 is 15.2 Å². The number of aliphatic carboxylic acids is 1. The molecule has 6 nitrogen and oxygen atoms in total. The van der Waals surface area contributed by atoms with Crippen molar-refractivity contribution in [2.45, 2.75) is 38.8 Å². The molecule has 0 saturated heterocycles. The van der Waals surface area contributed by atoms with Gasteiger partial charge in [0.25, 0.3) is 0 Å². The van der Waals surface area contributed by atoms with Crippen molar-refractivity contribution >= 4 is 28.0 Å². The largest absolute Gasteiger partial charge is 0.481 e. The van der Waals surface area contributed by atoms with E-state index in [9.17, 15) is 9.59 Å². The Kier molecular flexibility index (Phi) is 5.50. The first-order valence-corrected chi connectivity index (χ1v) is 6.79. The molecule has 1 rings (SSSR count). The second-order valence-electron chi connectivity index (χ2n) is 5.20. The quantitative estimate of drug-likeness (QED) is 0.876. The summed E-state index contributed by atoms with van der Waals surface area (Å²) >= 11 is 3.25.